The van der Waals surface area contributed by atoms with Crippen LogP contribution in [0.1, 0.15) is 0 Å². The van der Waals surface area contributed by atoms with E-state index in [9.17, 15) is 0 Å². The van der Waals surface area contributed by atoms with Crippen LogP contribution in [0.4, 0.5) is 0 Å². The number of aromatic amines is 2. The van der Waals surface area contributed by atoms with Crippen LogP contribution < -0.4 is 0 Å². The van der Waals surface area contributed by atoms with E-state index < -0.39 is 0 Å². The van der Waals surface area contributed by atoms with Crippen LogP contribution in [0.3, 0.4) is 0 Å². The van der Waals surface area contributed by atoms with Crippen molar-refractivity contribution in [3.05, 3.63) is 110 Å². The van der Waals surface area contributed by atoms with E-state index >= 15 is 0 Å². The summed E-state index contributed by atoms with van der Waals surface area (Å²) < 4.78 is 4.58. The highest BCUT2D eigenvalue weighted by molar-refractivity contribution is 7.07. The number of aromatic nitrogens is 6. The van der Waals surface area contributed by atoms with Crippen molar-refractivity contribution in [2.45, 2.75) is 0 Å². The smallest absolute Gasteiger partial charge is 0.137 e. The summed E-state index contributed by atoms with van der Waals surface area (Å²) in [5, 5.41) is 10.1. The van der Waals surface area contributed by atoms with Gasteiger partial charge in [-0.2, -0.15) is 16.4 Å². The summed E-state index contributed by atoms with van der Waals surface area (Å²) >= 11 is 1.71. The Morgan fingerprint density at radius 2 is 1.46 bits per heavy atom. The molecule has 0 fully saturated rings. The van der Waals surface area contributed by atoms with Crippen molar-refractivity contribution in [2.75, 3.05) is 0 Å². The van der Waals surface area contributed by atoms with Gasteiger partial charge in [0.15, 0.2) is 0 Å². The quantitative estimate of drug-likeness (QED) is 0.424. The van der Waals surface area contributed by atoms with Crippen LogP contribution in [-0.4, -0.2) is 30.1 Å². The number of imidazole rings is 1. The number of pyridine rings is 1. The molecule has 2 N–H and O–H groups in total. The normalized spacial score (nSPS) is 8.00. The predicted molar refractivity (Wildman–Crippen MR) is 102 cm³/mol. The third kappa shape index (κ3) is 15.4. The molecule has 5 aromatic heterocycles. The molecule has 0 saturated carbocycles. The first-order valence-corrected chi connectivity index (χ1v) is 8.45. The van der Waals surface area contributed by atoms with Crippen LogP contribution in [-0.2, 0) is 0 Å². The number of hydrogen-bond acceptors (Lipinski definition) is 6. The average molecular weight is 368 g/mol. The summed E-state index contributed by atoms with van der Waals surface area (Å²) in [6.45, 7) is 0. The summed E-state index contributed by atoms with van der Waals surface area (Å²) in [4.78, 5) is 13.8. The molecule has 0 amide bonds. The molecule has 0 saturated heterocycles. The summed E-state index contributed by atoms with van der Waals surface area (Å²) in [5.41, 5.74) is 0. The maximum atomic E-state index is 4.58. The minimum absolute atomic E-state index is 1.44. The number of nitrogens with zero attached hydrogens (tertiary/aromatic N) is 4. The molecule has 0 aliphatic rings. The van der Waals surface area contributed by atoms with E-state index in [1.165, 1.54) is 12.7 Å². The Balaban J connectivity index is 0.000000163. The van der Waals surface area contributed by atoms with Gasteiger partial charge in [-0.25, -0.2) is 9.97 Å². The van der Waals surface area contributed by atoms with Gasteiger partial charge in [0.25, 0.3) is 0 Å². The van der Waals surface area contributed by atoms with Gasteiger partial charge in [0, 0.05) is 24.8 Å². The summed E-state index contributed by atoms with van der Waals surface area (Å²) in [5.74, 6) is 0. The van der Waals surface area contributed by atoms with Crippen LogP contribution in [0.2, 0.25) is 0 Å². The van der Waals surface area contributed by atoms with Gasteiger partial charge in [0.05, 0.1) is 18.9 Å². The number of H-pyrrole nitrogens is 2. The third-order valence-corrected chi connectivity index (χ3v) is 2.78. The van der Waals surface area contributed by atoms with E-state index in [0.29, 0.717) is 0 Å². The Morgan fingerprint density at radius 3 is 1.65 bits per heavy atom. The molecule has 26 heavy (non-hydrogen) atoms. The van der Waals surface area contributed by atoms with E-state index in [2.05, 4.69) is 34.6 Å². The molecule has 5 heterocycles. The highest BCUT2D eigenvalue weighted by Crippen LogP contribution is 1.91. The summed E-state index contributed by atoms with van der Waals surface area (Å²) in [6, 6.07) is 13.4. The first kappa shape index (κ1) is 20.5. The summed E-state index contributed by atoms with van der Waals surface area (Å²) in [7, 11) is 0. The van der Waals surface area contributed by atoms with Gasteiger partial charge in [-0.1, -0.05) is 18.2 Å². The van der Waals surface area contributed by atoms with Crippen molar-refractivity contribution in [1.29, 1.82) is 0 Å². The van der Waals surface area contributed by atoms with Gasteiger partial charge in [0.1, 0.15) is 12.7 Å². The van der Waals surface area contributed by atoms with E-state index in [1.54, 1.807) is 55.0 Å². The van der Waals surface area contributed by atoms with Crippen molar-refractivity contribution < 1.29 is 4.42 Å². The van der Waals surface area contributed by atoms with Crippen LogP contribution in [0.15, 0.2) is 114 Å². The lowest BCUT2D eigenvalue weighted by Gasteiger charge is -1.70. The Hall–Kier alpha value is -3.52. The fourth-order valence-electron chi connectivity index (χ4n) is 1.15. The zero-order valence-corrected chi connectivity index (χ0v) is 14.8. The van der Waals surface area contributed by atoms with Crippen molar-refractivity contribution in [2.24, 2.45) is 0 Å². The lowest BCUT2D eigenvalue weighted by atomic mass is 10.5. The van der Waals surface area contributed by atoms with E-state index in [1.807, 2.05) is 53.2 Å². The Kier molecular flexibility index (Phi) is 14.1. The standard InChI is InChI=1S/C5H5N.C4H4O.C4H4S.C3H4N2.C2H3N3/c1-2-4-6-5-3-1;2*1-2-4-5-3-1;1-2-5-3-4-1;1-3-2-5-4-1/h1-5H;2*1-4H;1-3H,(H,4,5);1-2H,(H,3,4,5). The van der Waals surface area contributed by atoms with Crippen LogP contribution in [0.25, 0.3) is 0 Å². The Labute approximate surface area is 155 Å². The lowest BCUT2D eigenvalue weighted by molar-refractivity contribution is 0.567. The Morgan fingerprint density at radius 1 is 0.692 bits per heavy atom. The minimum atomic E-state index is 1.44. The van der Waals surface area contributed by atoms with Gasteiger partial charge in [-0.3, -0.25) is 10.1 Å². The van der Waals surface area contributed by atoms with Gasteiger partial charge < -0.3 is 9.40 Å². The van der Waals surface area contributed by atoms with Crippen molar-refractivity contribution in [3.63, 3.8) is 0 Å². The molecule has 0 aromatic carbocycles. The van der Waals surface area contributed by atoms with Gasteiger partial charge >= 0.3 is 0 Å². The zero-order chi connectivity index (χ0) is 18.4. The fourth-order valence-corrected chi connectivity index (χ4v) is 1.60. The molecule has 5 rings (SSSR count). The first-order chi connectivity index (χ1) is 13.0. The first-order valence-electron chi connectivity index (χ1n) is 7.51. The van der Waals surface area contributed by atoms with E-state index in [-0.39, 0.29) is 0 Å². The third-order valence-electron chi connectivity index (χ3n) is 2.15. The highest BCUT2D eigenvalue weighted by Gasteiger charge is 1.60. The second-order valence-electron chi connectivity index (χ2n) is 4.02. The maximum Gasteiger partial charge on any atom is 0.137 e. The second kappa shape index (κ2) is 17.8. The fraction of sp³-hybridized carbons (Fsp3) is 0. The van der Waals surface area contributed by atoms with Crippen LogP contribution in [0, 0.1) is 0 Å². The Bertz CT molecular complexity index is 541. The van der Waals surface area contributed by atoms with Crippen molar-refractivity contribution in [3.8, 4) is 0 Å². The molecule has 0 spiro atoms. The van der Waals surface area contributed by atoms with Crippen LogP contribution in [0.5, 0.6) is 0 Å². The number of thiophene rings is 1. The molecule has 0 aliphatic carbocycles. The highest BCUT2D eigenvalue weighted by atomic mass is 32.1. The maximum absolute atomic E-state index is 4.58. The van der Waals surface area contributed by atoms with Gasteiger partial charge in [-0.15, -0.1) is 0 Å². The average Bonchev–Trinajstić information content (AvgIpc) is 3.56. The lowest BCUT2D eigenvalue weighted by Crippen LogP contribution is -1.58. The minimum Gasteiger partial charge on any atom is -0.473 e. The van der Waals surface area contributed by atoms with Crippen LogP contribution >= 0.6 is 11.3 Å². The molecule has 0 unspecified atom stereocenters. The van der Waals surface area contributed by atoms with Crippen molar-refractivity contribution >= 4 is 11.3 Å². The summed E-state index contributed by atoms with van der Waals surface area (Å²) in [6.07, 6.45) is 14.8. The number of furan rings is 1. The molecule has 0 radical (unpaired) electrons. The molecule has 0 atom stereocenters. The van der Waals surface area contributed by atoms with E-state index in [0.717, 1.165) is 0 Å². The SMILES string of the molecule is c1c[nH]cn1.c1ccncc1.c1ccoc1.c1ccsc1.c1nc[nH]n1. The van der Waals surface area contributed by atoms with Gasteiger partial charge in [0.2, 0.25) is 0 Å². The molecule has 5 aromatic rings. The molecule has 134 valence electrons. The monoisotopic (exact) mass is 368 g/mol. The molecule has 0 aliphatic heterocycles. The largest absolute Gasteiger partial charge is 0.473 e. The molecule has 8 heteroatoms. The predicted octanol–water partition coefficient (Wildman–Crippen LogP) is 4.32. The molecular weight excluding hydrogens is 348 g/mol. The number of hydrogen-bond donors (Lipinski definition) is 2. The van der Waals surface area contributed by atoms with Gasteiger partial charge in [-0.05, 0) is 35.0 Å². The number of rotatable bonds is 0. The topological polar surface area (TPSA) is 96.3 Å². The molecule has 0 bridgehead atoms. The molecule has 7 nitrogen and oxygen atoms in total. The second-order valence-corrected chi connectivity index (χ2v) is 4.84. The number of nitrogens with one attached hydrogen (secondary N) is 2. The molecular formula is C18H20N6OS. The van der Waals surface area contributed by atoms with Crippen molar-refractivity contribution in [1.82, 2.24) is 30.1 Å². The van der Waals surface area contributed by atoms with E-state index in [4.69, 9.17) is 0 Å². The zero-order valence-electron chi connectivity index (χ0n) is 14.0.